The van der Waals surface area contributed by atoms with Crippen molar-refractivity contribution < 1.29 is 19.2 Å². The minimum atomic E-state index is -0.660. The third kappa shape index (κ3) is 4.06. The van der Waals surface area contributed by atoms with Gasteiger partial charge in [0.15, 0.2) is 5.78 Å². The van der Waals surface area contributed by atoms with Gasteiger partial charge in [-0.25, -0.2) is 0 Å². The molecule has 1 N–H and O–H groups in total. The van der Waals surface area contributed by atoms with Crippen molar-refractivity contribution in [2.75, 3.05) is 5.32 Å². The van der Waals surface area contributed by atoms with Crippen LogP contribution in [0.15, 0.2) is 77.3 Å². The molecule has 2 aliphatic rings. The van der Waals surface area contributed by atoms with Crippen LogP contribution in [0, 0.1) is 15.5 Å². The molecule has 1 amide bonds. The van der Waals surface area contributed by atoms with E-state index >= 15 is 0 Å². The zero-order valence-electron chi connectivity index (χ0n) is 18.2. The lowest BCUT2D eigenvalue weighted by atomic mass is 9.69. The molecule has 32 heavy (non-hydrogen) atoms. The number of nitro groups is 1. The quantitative estimate of drug-likeness (QED) is 0.525. The van der Waals surface area contributed by atoms with Crippen LogP contribution >= 0.6 is 0 Å². The molecule has 2 aromatic carbocycles. The number of nitrogens with one attached hydrogen (secondary N) is 1. The van der Waals surface area contributed by atoms with Crippen molar-refractivity contribution in [2.45, 2.75) is 39.5 Å². The molecule has 7 heteroatoms. The number of non-ortho nitro benzene ring substituents is 1. The predicted octanol–water partition coefficient (Wildman–Crippen LogP) is 5.26. The smallest absolute Gasteiger partial charge is 0.269 e. The van der Waals surface area contributed by atoms with Gasteiger partial charge in [0.1, 0.15) is 11.5 Å². The number of nitro benzene ring substituents is 1. The monoisotopic (exact) mass is 432 g/mol. The van der Waals surface area contributed by atoms with Crippen LogP contribution in [0.5, 0.6) is 0 Å². The fourth-order valence-corrected chi connectivity index (χ4v) is 4.41. The number of anilines is 1. The Morgan fingerprint density at radius 2 is 1.75 bits per heavy atom. The van der Waals surface area contributed by atoms with E-state index in [-0.39, 0.29) is 22.8 Å². The molecule has 0 spiro atoms. The van der Waals surface area contributed by atoms with Crippen LogP contribution in [0.1, 0.15) is 45.1 Å². The van der Waals surface area contributed by atoms with Crippen molar-refractivity contribution in [1.29, 1.82) is 0 Å². The molecule has 0 bridgehead atoms. The number of benzene rings is 2. The number of allylic oxidation sites excluding steroid dienone is 3. The van der Waals surface area contributed by atoms with Crippen molar-refractivity contribution in [3.8, 4) is 0 Å². The van der Waals surface area contributed by atoms with Gasteiger partial charge in [-0.15, -0.1) is 0 Å². The molecule has 2 aromatic rings. The standard InChI is InChI=1S/C25H24N2O5/c1-15-21(24(29)26-17-7-5-4-6-8-17)22(16-9-11-18(12-10-16)27(30)31)23-19(28)13-25(2,3)14-20(23)32-15/h4-12,22H,13-14H2,1-3H3,(H,26,29). The largest absolute Gasteiger partial charge is 0.465 e. The third-order valence-corrected chi connectivity index (χ3v) is 5.83. The molecular formula is C25H24N2O5. The first-order valence-electron chi connectivity index (χ1n) is 10.4. The minimum Gasteiger partial charge on any atom is -0.465 e. The molecule has 0 radical (unpaired) electrons. The summed E-state index contributed by atoms with van der Waals surface area (Å²) in [6.45, 7) is 5.74. The highest BCUT2D eigenvalue weighted by Gasteiger charge is 2.44. The normalized spacial score (nSPS) is 19.8. The summed E-state index contributed by atoms with van der Waals surface area (Å²) < 4.78 is 6.05. The Morgan fingerprint density at radius 1 is 1.09 bits per heavy atom. The van der Waals surface area contributed by atoms with Crippen molar-refractivity contribution in [2.24, 2.45) is 5.41 Å². The zero-order chi connectivity index (χ0) is 23.0. The van der Waals surface area contributed by atoms with Gasteiger partial charge in [-0.3, -0.25) is 19.7 Å². The van der Waals surface area contributed by atoms with E-state index in [2.05, 4.69) is 5.32 Å². The van der Waals surface area contributed by atoms with Gasteiger partial charge in [-0.2, -0.15) is 0 Å². The molecule has 1 unspecified atom stereocenters. The van der Waals surface area contributed by atoms with Crippen LogP contribution in [-0.4, -0.2) is 16.6 Å². The topological polar surface area (TPSA) is 98.5 Å². The second-order valence-corrected chi connectivity index (χ2v) is 8.95. The highest BCUT2D eigenvalue weighted by atomic mass is 16.6. The summed E-state index contributed by atoms with van der Waals surface area (Å²) in [7, 11) is 0. The number of nitrogens with zero attached hydrogens (tertiary/aromatic N) is 1. The van der Waals surface area contributed by atoms with Crippen LogP contribution in [0.2, 0.25) is 0 Å². The molecule has 1 aliphatic heterocycles. The van der Waals surface area contributed by atoms with Crippen LogP contribution < -0.4 is 5.32 Å². The van der Waals surface area contributed by atoms with E-state index in [1.54, 1.807) is 31.2 Å². The molecule has 0 fully saturated rings. The number of hydrogen-bond acceptors (Lipinski definition) is 5. The molecule has 1 aliphatic carbocycles. The predicted molar refractivity (Wildman–Crippen MR) is 120 cm³/mol. The number of para-hydroxylation sites is 1. The summed E-state index contributed by atoms with van der Waals surface area (Å²) in [5.74, 6) is -0.111. The highest BCUT2D eigenvalue weighted by Crippen LogP contribution is 2.49. The minimum absolute atomic E-state index is 0.0536. The van der Waals surface area contributed by atoms with Crippen molar-refractivity contribution >= 4 is 23.1 Å². The number of rotatable bonds is 4. The average Bonchev–Trinajstić information content (AvgIpc) is 2.72. The lowest BCUT2D eigenvalue weighted by Gasteiger charge is -2.38. The van der Waals surface area contributed by atoms with Crippen molar-refractivity contribution in [3.63, 3.8) is 0 Å². The van der Waals surface area contributed by atoms with Gasteiger partial charge in [0.05, 0.1) is 10.5 Å². The van der Waals surface area contributed by atoms with Gasteiger partial charge in [0, 0.05) is 42.2 Å². The van der Waals surface area contributed by atoms with E-state index in [1.807, 2.05) is 32.0 Å². The molecule has 7 nitrogen and oxygen atoms in total. The maximum atomic E-state index is 13.4. The molecule has 164 valence electrons. The van der Waals surface area contributed by atoms with Gasteiger partial charge in [-0.05, 0) is 30.0 Å². The van der Waals surface area contributed by atoms with Crippen LogP contribution in [-0.2, 0) is 14.3 Å². The number of amides is 1. The zero-order valence-corrected chi connectivity index (χ0v) is 18.2. The van der Waals surface area contributed by atoms with Gasteiger partial charge >= 0.3 is 0 Å². The fraction of sp³-hybridized carbons (Fsp3) is 0.280. The van der Waals surface area contributed by atoms with Crippen molar-refractivity contribution in [3.05, 3.63) is 92.9 Å². The Morgan fingerprint density at radius 3 is 2.38 bits per heavy atom. The number of hydrogen-bond donors (Lipinski definition) is 1. The summed E-state index contributed by atoms with van der Waals surface area (Å²) >= 11 is 0. The Labute approximate surface area is 185 Å². The molecule has 0 saturated carbocycles. The lowest BCUT2D eigenvalue weighted by Crippen LogP contribution is -2.34. The summed E-state index contributed by atoms with van der Waals surface area (Å²) in [6, 6.07) is 15.0. The van der Waals surface area contributed by atoms with E-state index in [1.165, 1.54) is 12.1 Å². The van der Waals surface area contributed by atoms with E-state index in [0.717, 1.165) is 0 Å². The Balaban J connectivity index is 1.81. The molecule has 1 atom stereocenters. The molecule has 1 heterocycles. The van der Waals surface area contributed by atoms with E-state index < -0.39 is 10.8 Å². The van der Waals surface area contributed by atoms with Crippen LogP contribution in [0.3, 0.4) is 0 Å². The fourth-order valence-electron chi connectivity index (χ4n) is 4.41. The molecule has 0 saturated heterocycles. The van der Waals surface area contributed by atoms with Gasteiger partial charge < -0.3 is 10.1 Å². The second kappa shape index (κ2) is 8.07. The van der Waals surface area contributed by atoms with Gasteiger partial charge in [0.2, 0.25) is 0 Å². The third-order valence-electron chi connectivity index (χ3n) is 5.83. The van der Waals surface area contributed by atoms with Crippen molar-refractivity contribution in [1.82, 2.24) is 0 Å². The Hall–Kier alpha value is -3.74. The summed E-state index contributed by atoms with van der Waals surface area (Å²) in [4.78, 5) is 37.2. The number of carbonyl (C=O) groups excluding carboxylic acids is 2. The van der Waals surface area contributed by atoms with E-state index in [4.69, 9.17) is 4.74 Å². The highest BCUT2D eigenvalue weighted by molar-refractivity contribution is 6.09. The number of Topliss-reactive ketones (excluding diaryl/α,β-unsaturated/α-hetero) is 1. The maximum Gasteiger partial charge on any atom is 0.269 e. The summed E-state index contributed by atoms with van der Waals surface area (Å²) in [5.41, 5.74) is 1.74. The second-order valence-electron chi connectivity index (χ2n) is 8.95. The van der Waals surface area contributed by atoms with Crippen LogP contribution in [0.25, 0.3) is 0 Å². The number of ether oxygens (including phenoxy) is 1. The number of carbonyl (C=O) groups is 2. The molecule has 0 aromatic heterocycles. The maximum absolute atomic E-state index is 13.4. The Kier molecular flexibility index (Phi) is 5.42. The first-order chi connectivity index (χ1) is 15.2. The van der Waals surface area contributed by atoms with E-state index in [0.29, 0.717) is 46.8 Å². The van der Waals surface area contributed by atoms with Gasteiger partial charge in [-0.1, -0.05) is 44.2 Å². The summed E-state index contributed by atoms with van der Waals surface area (Å²) in [6.07, 6.45) is 0.911. The summed E-state index contributed by atoms with van der Waals surface area (Å²) in [5, 5.41) is 14.0. The lowest BCUT2D eigenvalue weighted by molar-refractivity contribution is -0.384. The average molecular weight is 432 g/mol. The van der Waals surface area contributed by atoms with Crippen LogP contribution in [0.4, 0.5) is 11.4 Å². The molecule has 4 rings (SSSR count). The number of ketones is 1. The van der Waals surface area contributed by atoms with Gasteiger partial charge in [0.25, 0.3) is 11.6 Å². The first kappa shape index (κ1) is 21.5. The SMILES string of the molecule is CC1=C(C(=O)Nc2ccccc2)C(c2ccc([N+](=O)[O-])cc2)C2=C(CC(C)(C)CC2=O)O1. The van der Waals surface area contributed by atoms with E-state index in [9.17, 15) is 19.7 Å². The molecular weight excluding hydrogens is 408 g/mol. The first-order valence-corrected chi connectivity index (χ1v) is 10.4. The Bertz CT molecular complexity index is 1160.